The molecule has 1 aliphatic rings. The Bertz CT molecular complexity index is 511. The molecule has 17 heavy (non-hydrogen) atoms. The molecule has 1 unspecified atom stereocenters. The number of nitrogens with zero attached hydrogens (tertiary/aromatic N) is 2. The van der Waals surface area contributed by atoms with Crippen molar-refractivity contribution in [3.05, 3.63) is 30.1 Å². The third-order valence-corrected chi connectivity index (χ3v) is 3.47. The molecule has 0 bridgehead atoms. The van der Waals surface area contributed by atoms with Gasteiger partial charge in [0, 0.05) is 6.20 Å². The number of anilines is 1. The molecule has 90 valence electrons. The van der Waals surface area contributed by atoms with Crippen LogP contribution in [0.4, 0.5) is 5.82 Å². The van der Waals surface area contributed by atoms with Crippen LogP contribution < -0.4 is 11.1 Å². The number of hydrogen-bond donors (Lipinski definition) is 2. The molecule has 0 radical (unpaired) electrons. The summed E-state index contributed by atoms with van der Waals surface area (Å²) in [6.07, 6.45) is 5.70. The fourth-order valence-corrected chi connectivity index (χ4v) is 2.57. The summed E-state index contributed by atoms with van der Waals surface area (Å²) in [6.45, 7) is 2.28. The van der Waals surface area contributed by atoms with E-state index in [0.29, 0.717) is 0 Å². The second kappa shape index (κ2) is 4.37. The second-order valence-electron chi connectivity index (χ2n) is 4.83. The highest BCUT2D eigenvalue weighted by atomic mass is 15.0. The lowest BCUT2D eigenvalue weighted by Gasteiger charge is -2.21. The first-order chi connectivity index (χ1) is 8.33. The first-order valence-corrected chi connectivity index (χ1v) is 6.26. The maximum absolute atomic E-state index is 5.91. The van der Waals surface area contributed by atoms with Crippen LogP contribution in [-0.4, -0.2) is 22.5 Å². The number of piperidine rings is 1. The van der Waals surface area contributed by atoms with E-state index in [2.05, 4.69) is 16.5 Å². The minimum Gasteiger partial charge on any atom is -0.385 e. The summed E-state index contributed by atoms with van der Waals surface area (Å²) < 4.78 is 1.96. The number of aromatic nitrogens is 2. The Morgan fingerprint density at radius 2 is 2.41 bits per heavy atom. The summed E-state index contributed by atoms with van der Waals surface area (Å²) in [5.41, 5.74) is 8.01. The predicted octanol–water partition coefficient (Wildman–Crippen LogP) is 1.46. The molecular weight excluding hydrogens is 212 g/mol. The third-order valence-electron chi connectivity index (χ3n) is 3.47. The second-order valence-corrected chi connectivity index (χ2v) is 4.83. The van der Waals surface area contributed by atoms with Crippen LogP contribution in [0, 0.1) is 5.92 Å². The molecule has 0 aliphatic carbocycles. The smallest absolute Gasteiger partial charge is 0.138 e. The van der Waals surface area contributed by atoms with E-state index in [1.54, 1.807) is 0 Å². The van der Waals surface area contributed by atoms with Crippen molar-refractivity contribution in [2.75, 3.05) is 18.8 Å². The topological polar surface area (TPSA) is 55.3 Å². The Morgan fingerprint density at radius 3 is 3.18 bits per heavy atom. The maximum atomic E-state index is 5.91. The summed E-state index contributed by atoms with van der Waals surface area (Å²) >= 11 is 0. The Morgan fingerprint density at radius 1 is 1.47 bits per heavy atom. The Hall–Kier alpha value is -1.55. The fourth-order valence-electron chi connectivity index (χ4n) is 2.57. The van der Waals surface area contributed by atoms with Crippen LogP contribution in [0.1, 0.15) is 18.5 Å². The minimum atomic E-state index is 0.717. The van der Waals surface area contributed by atoms with Gasteiger partial charge < -0.3 is 11.1 Å². The Kier molecular flexibility index (Phi) is 2.73. The quantitative estimate of drug-likeness (QED) is 0.821. The molecular formula is C13H18N4. The van der Waals surface area contributed by atoms with E-state index in [1.165, 1.54) is 12.8 Å². The zero-order valence-corrected chi connectivity index (χ0v) is 9.89. The lowest BCUT2D eigenvalue weighted by molar-refractivity contribution is 0.374. The number of fused-ring (bicyclic) bond motifs is 1. The molecule has 0 saturated carbocycles. The van der Waals surface area contributed by atoms with Crippen molar-refractivity contribution in [1.29, 1.82) is 0 Å². The lowest BCUT2D eigenvalue weighted by atomic mass is 9.95. The monoisotopic (exact) mass is 230 g/mol. The molecule has 3 N–H and O–H groups in total. The van der Waals surface area contributed by atoms with Crippen LogP contribution in [0.2, 0.25) is 0 Å². The van der Waals surface area contributed by atoms with Gasteiger partial charge in [0.2, 0.25) is 0 Å². The molecule has 0 amide bonds. The van der Waals surface area contributed by atoms with Gasteiger partial charge in [-0.25, -0.2) is 4.98 Å². The standard InChI is InChI=1S/C13H18N4/c14-12-4-1-5-13-16-11(9-17(12)13)7-10-3-2-6-15-8-10/h1,4-5,9-10,15H,2-3,6-8,14H2. The number of nitrogen functional groups attached to an aromatic ring is 1. The molecule has 3 heterocycles. The normalized spacial score (nSPS) is 20.8. The van der Waals surface area contributed by atoms with Crippen LogP contribution in [-0.2, 0) is 6.42 Å². The first-order valence-electron chi connectivity index (χ1n) is 6.26. The van der Waals surface area contributed by atoms with Crippen molar-refractivity contribution >= 4 is 11.5 Å². The van der Waals surface area contributed by atoms with Crippen LogP contribution in [0.25, 0.3) is 5.65 Å². The zero-order valence-electron chi connectivity index (χ0n) is 9.89. The average molecular weight is 230 g/mol. The van der Waals surface area contributed by atoms with E-state index in [-0.39, 0.29) is 0 Å². The number of pyridine rings is 1. The highest BCUT2D eigenvalue weighted by molar-refractivity contribution is 5.48. The van der Waals surface area contributed by atoms with Gasteiger partial charge in [0.1, 0.15) is 11.5 Å². The van der Waals surface area contributed by atoms with Gasteiger partial charge in [0.05, 0.1) is 5.69 Å². The number of nitrogens with one attached hydrogen (secondary N) is 1. The summed E-state index contributed by atoms with van der Waals surface area (Å²) in [6, 6.07) is 5.85. The van der Waals surface area contributed by atoms with Crippen molar-refractivity contribution in [3.63, 3.8) is 0 Å². The zero-order chi connectivity index (χ0) is 11.7. The molecule has 4 heteroatoms. The van der Waals surface area contributed by atoms with E-state index in [1.807, 2.05) is 22.6 Å². The largest absolute Gasteiger partial charge is 0.385 e. The van der Waals surface area contributed by atoms with Gasteiger partial charge in [-0.15, -0.1) is 0 Å². The van der Waals surface area contributed by atoms with E-state index in [9.17, 15) is 0 Å². The van der Waals surface area contributed by atoms with Gasteiger partial charge in [0.25, 0.3) is 0 Å². The summed E-state index contributed by atoms with van der Waals surface area (Å²) in [5, 5.41) is 3.44. The molecule has 0 spiro atoms. The van der Waals surface area contributed by atoms with Crippen molar-refractivity contribution < 1.29 is 0 Å². The number of imidazole rings is 1. The van der Waals surface area contributed by atoms with Gasteiger partial charge in [0.15, 0.2) is 0 Å². The fraction of sp³-hybridized carbons (Fsp3) is 0.462. The average Bonchev–Trinajstić information content (AvgIpc) is 2.74. The lowest BCUT2D eigenvalue weighted by Crippen LogP contribution is -2.30. The maximum Gasteiger partial charge on any atom is 0.138 e. The molecule has 1 atom stereocenters. The van der Waals surface area contributed by atoms with Crippen molar-refractivity contribution in [2.45, 2.75) is 19.3 Å². The van der Waals surface area contributed by atoms with E-state index in [4.69, 9.17) is 5.73 Å². The van der Waals surface area contributed by atoms with Crippen LogP contribution in [0.15, 0.2) is 24.4 Å². The molecule has 2 aromatic rings. The third kappa shape index (κ3) is 2.13. The van der Waals surface area contributed by atoms with Gasteiger partial charge in [-0.2, -0.15) is 0 Å². The molecule has 4 nitrogen and oxygen atoms in total. The number of hydrogen-bond acceptors (Lipinski definition) is 3. The van der Waals surface area contributed by atoms with Crippen LogP contribution in [0.5, 0.6) is 0 Å². The molecule has 1 fully saturated rings. The Balaban J connectivity index is 1.83. The molecule has 2 aromatic heterocycles. The van der Waals surface area contributed by atoms with E-state index < -0.39 is 0 Å². The first kappa shape index (κ1) is 10.6. The summed E-state index contributed by atoms with van der Waals surface area (Å²) in [5.74, 6) is 1.47. The van der Waals surface area contributed by atoms with Crippen molar-refractivity contribution in [2.24, 2.45) is 5.92 Å². The van der Waals surface area contributed by atoms with Crippen molar-refractivity contribution in [3.8, 4) is 0 Å². The SMILES string of the molecule is Nc1cccc2nc(CC3CCCNC3)cn12. The van der Waals surface area contributed by atoms with Crippen LogP contribution in [0.3, 0.4) is 0 Å². The molecule has 0 aromatic carbocycles. The molecule has 1 saturated heterocycles. The Labute approximate surface area is 101 Å². The van der Waals surface area contributed by atoms with Gasteiger partial charge in [-0.3, -0.25) is 4.40 Å². The van der Waals surface area contributed by atoms with Crippen LogP contribution >= 0.6 is 0 Å². The number of nitrogens with two attached hydrogens (primary N) is 1. The van der Waals surface area contributed by atoms with E-state index in [0.717, 1.165) is 42.6 Å². The van der Waals surface area contributed by atoms with Crippen molar-refractivity contribution in [1.82, 2.24) is 14.7 Å². The van der Waals surface area contributed by atoms with Gasteiger partial charge >= 0.3 is 0 Å². The highest BCUT2D eigenvalue weighted by Gasteiger charge is 2.15. The molecule has 1 aliphatic heterocycles. The summed E-state index contributed by atoms with van der Waals surface area (Å²) in [7, 11) is 0. The highest BCUT2D eigenvalue weighted by Crippen LogP contribution is 2.17. The number of rotatable bonds is 2. The van der Waals surface area contributed by atoms with Gasteiger partial charge in [-0.05, 0) is 50.4 Å². The summed E-state index contributed by atoms with van der Waals surface area (Å²) in [4.78, 5) is 4.62. The van der Waals surface area contributed by atoms with E-state index >= 15 is 0 Å². The van der Waals surface area contributed by atoms with Gasteiger partial charge in [-0.1, -0.05) is 6.07 Å². The minimum absolute atomic E-state index is 0.717. The molecule has 3 rings (SSSR count). The predicted molar refractivity (Wildman–Crippen MR) is 68.9 cm³/mol.